The molecule has 0 aromatic carbocycles. The van der Waals surface area contributed by atoms with Crippen molar-refractivity contribution in [3.05, 3.63) is 25.0 Å². The van der Waals surface area contributed by atoms with Crippen molar-refractivity contribution >= 4 is 0 Å². The van der Waals surface area contributed by atoms with Crippen molar-refractivity contribution < 1.29 is 9.15 Å². The lowest BCUT2D eigenvalue weighted by atomic mass is 10.5. The van der Waals surface area contributed by atoms with E-state index < -0.39 is 0 Å². The highest BCUT2D eigenvalue weighted by Crippen LogP contribution is 2.10. The molecule has 1 radical (unpaired) electrons. The van der Waals surface area contributed by atoms with E-state index in [1.165, 1.54) is 0 Å². The first-order valence-electron chi connectivity index (χ1n) is 2.95. The molecule has 1 aromatic heterocycles. The highest BCUT2D eigenvalue weighted by atomic mass is 16.6. The fourth-order valence-electron chi connectivity index (χ4n) is 0.496. The van der Waals surface area contributed by atoms with E-state index in [0.29, 0.717) is 5.95 Å². The number of hydrogen-bond acceptors (Lipinski definition) is 2. The second-order valence-corrected chi connectivity index (χ2v) is 1.62. The van der Waals surface area contributed by atoms with Crippen LogP contribution >= 0.6 is 0 Å². The Balaban J connectivity index is 2.30. The van der Waals surface area contributed by atoms with Crippen LogP contribution in [-0.4, -0.2) is 0 Å². The average Bonchev–Trinajstić information content (AvgIpc) is 2.34. The summed E-state index contributed by atoms with van der Waals surface area (Å²) in [5, 5.41) is 0. The van der Waals surface area contributed by atoms with Crippen LogP contribution in [0.4, 0.5) is 0 Å². The lowest BCUT2D eigenvalue weighted by Gasteiger charge is -1.95. The largest absolute Gasteiger partial charge is 0.458 e. The standard InChI is InChI=1S/C7H9O2/c1-2-5-8-7-4-3-6-9-7/h3-6H,2H2,1H3. The second kappa shape index (κ2) is 3.17. The van der Waals surface area contributed by atoms with Gasteiger partial charge in [-0.25, -0.2) is 0 Å². The Bertz CT molecular complexity index is 144. The Morgan fingerprint density at radius 2 is 2.67 bits per heavy atom. The van der Waals surface area contributed by atoms with Gasteiger partial charge in [-0.05, 0) is 12.5 Å². The van der Waals surface area contributed by atoms with Gasteiger partial charge in [0.25, 0.3) is 5.95 Å². The van der Waals surface area contributed by atoms with Crippen molar-refractivity contribution in [1.82, 2.24) is 0 Å². The Labute approximate surface area is 54.4 Å². The minimum absolute atomic E-state index is 0.553. The van der Waals surface area contributed by atoms with E-state index in [9.17, 15) is 0 Å². The number of furan rings is 1. The van der Waals surface area contributed by atoms with Crippen LogP contribution < -0.4 is 4.74 Å². The lowest BCUT2D eigenvalue weighted by Crippen LogP contribution is -1.84. The molecule has 0 unspecified atom stereocenters. The molecule has 9 heavy (non-hydrogen) atoms. The molecule has 0 bridgehead atoms. The van der Waals surface area contributed by atoms with Gasteiger partial charge in [0.1, 0.15) is 6.61 Å². The third-order valence-electron chi connectivity index (χ3n) is 0.861. The lowest BCUT2D eigenvalue weighted by molar-refractivity contribution is 0.298. The molecule has 0 aliphatic heterocycles. The van der Waals surface area contributed by atoms with Crippen molar-refractivity contribution in [2.75, 3.05) is 0 Å². The zero-order valence-electron chi connectivity index (χ0n) is 5.33. The van der Waals surface area contributed by atoms with E-state index >= 15 is 0 Å². The Morgan fingerprint density at radius 1 is 1.78 bits per heavy atom. The van der Waals surface area contributed by atoms with Crippen molar-refractivity contribution in [2.24, 2.45) is 0 Å². The Kier molecular flexibility index (Phi) is 2.19. The molecule has 0 fully saturated rings. The summed E-state index contributed by atoms with van der Waals surface area (Å²) in [6.45, 7) is 3.70. The van der Waals surface area contributed by atoms with Crippen LogP contribution in [-0.2, 0) is 0 Å². The Hall–Kier alpha value is -0.920. The first-order valence-corrected chi connectivity index (χ1v) is 2.95. The third-order valence-corrected chi connectivity index (χ3v) is 0.861. The minimum Gasteiger partial charge on any atom is -0.458 e. The molecule has 0 saturated heterocycles. The molecule has 0 aliphatic rings. The maximum Gasteiger partial charge on any atom is 0.284 e. The van der Waals surface area contributed by atoms with Gasteiger partial charge in [-0.2, -0.15) is 0 Å². The van der Waals surface area contributed by atoms with E-state index in [2.05, 4.69) is 0 Å². The topological polar surface area (TPSA) is 22.4 Å². The zero-order chi connectivity index (χ0) is 6.53. The van der Waals surface area contributed by atoms with Gasteiger partial charge in [-0.1, -0.05) is 6.92 Å². The summed E-state index contributed by atoms with van der Waals surface area (Å²) in [6, 6.07) is 3.56. The van der Waals surface area contributed by atoms with Crippen LogP contribution in [0.2, 0.25) is 0 Å². The van der Waals surface area contributed by atoms with Gasteiger partial charge in [-0.3, -0.25) is 0 Å². The van der Waals surface area contributed by atoms with E-state index in [0.717, 1.165) is 6.42 Å². The Morgan fingerprint density at radius 3 is 3.22 bits per heavy atom. The third kappa shape index (κ3) is 1.80. The van der Waals surface area contributed by atoms with Gasteiger partial charge in [0, 0.05) is 6.07 Å². The molecule has 0 atom stereocenters. The highest BCUT2D eigenvalue weighted by Gasteiger charge is 1.91. The van der Waals surface area contributed by atoms with Gasteiger partial charge >= 0.3 is 0 Å². The summed E-state index contributed by atoms with van der Waals surface area (Å²) in [6.07, 6.45) is 2.47. The monoisotopic (exact) mass is 125 g/mol. The summed E-state index contributed by atoms with van der Waals surface area (Å²) in [5.41, 5.74) is 0. The molecule has 1 aromatic rings. The van der Waals surface area contributed by atoms with Gasteiger partial charge in [0.05, 0.1) is 6.26 Å². The molecule has 0 saturated carbocycles. The molecule has 0 N–H and O–H groups in total. The fraction of sp³-hybridized carbons (Fsp3) is 0.286. The molecule has 1 rings (SSSR count). The molecule has 2 nitrogen and oxygen atoms in total. The molecule has 49 valence electrons. The van der Waals surface area contributed by atoms with Crippen molar-refractivity contribution in [2.45, 2.75) is 13.3 Å². The van der Waals surface area contributed by atoms with Gasteiger partial charge in [0.15, 0.2) is 0 Å². The molecule has 0 spiro atoms. The summed E-state index contributed by atoms with van der Waals surface area (Å²) in [7, 11) is 0. The van der Waals surface area contributed by atoms with E-state index in [1.807, 2.05) is 6.92 Å². The SMILES string of the molecule is CC[CH]Oc1ccco1. The quantitative estimate of drug-likeness (QED) is 0.618. The maximum absolute atomic E-state index is 5.00. The summed E-state index contributed by atoms with van der Waals surface area (Å²) < 4.78 is 9.89. The van der Waals surface area contributed by atoms with Crippen LogP contribution in [0.15, 0.2) is 22.8 Å². The number of rotatable bonds is 3. The molecular weight excluding hydrogens is 116 g/mol. The van der Waals surface area contributed by atoms with Crippen LogP contribution in [0.3, 0.4) is 0 Å². The summed E-state index contributed by atoms with van der Waals surface area (Å²) >= 11 is 0. The molecule has 0 aliphatic carbocycles. The van der Waals surface area contributed by atoms with Crippen molar-refractivity contribution in [3.63, 3.8) is 0 Å². The first kappa shape index (κ1) is 6.20. The van der Waals surface area contributed by atoms with Crippen LogP contribution in [0.25, 0.3) is 0 Å². The first-order chi connectivity index (χ1) is 4.43. The molecule has 0 amide bonds. The van der Waals surface area contributed by atoms with Crippen LogP contribution in [0, 0.1) is 6.61 Å². The average molecular weight is 125 g/mol. The highest BCUT2D eigenvalue weighted by molar-refractivity contribution is 5.04. The molecular formula is C7H9O2. The van der Waals surface area contributed by atoms with Crippen molar-refractivity contribution in [1.29, 1.82) is 0 Å². The smallest absolute Gasteiger partial charge is 0.284 e. The van der Waals surface area contributed by atoms with Crippen LogP contribution in [0.5, 0.6) is 5.95 Å². The second-order valence-electron chi connectivity index (χ2n) is 1.62. The maximum atomic E-state index is 5.00. The zero-order valence-corrected chi connectivity index (χ0v) is 5.33. The molecule has 2 heteroatoms. The predicted molar refractivity (Wildman–Crippen MR) is 33.9 cm³/mol. The van der Waals surface area contributed by atoms with Crippen molar-refractivity contribution in [3.8, 4) is 5.95 Å². The van der Waals surface area contributed by atoms with Gasteiger partial charge in [0.2, 0.25) is 0 Å². The van der Waals surface area contributed by atoms with E-state index in [4.69, 9.17) is 9.15 Å². The number of ether oxygens (including phenoxy) is 1. The fourth-order valence-corrected chi connectivity index (χ4v) is 0.496. The normalized spacial score (nSPS) is 9.44. The van der Waals surface area contributed by atoms with E-state index in [1.54, 1.807) is 25.0 Å². The number of hydrogen-bond donors (Lipinski definition) is 0. The van der Waals surface area contributed by atoms with Crippen LogP contribution in [0.1, 0.15) is 13.3 Å². The summed E-state index contributed by atoms with van der Waals surface area (Å²) in [5.74, 6) is 0.553. The molecule has 1 heterocycles. The van der Waals surface area contributed by atoms with E-state index in [-0.39, 0.29) is 0 Å². The van der Waals surface area contributed by atoms with Gasteiger partial charge < -0.3 is 9.15 Å². The summed E-state index contributed by atoms with van der Waals surface area (Å²) in [4.78, 5) is 0. The predicted octanol–water partition coefficient (Wildman–Crippen LogP) is 2.23. The minimum atomic E-state index is 0.553. The van der Waals surface area contributed by atoms with Gasteiger partial charge in [-0.15, -0.1) is 0 Å².